The molecule has 2 aromatic carbocycles. The van der Waals surface area contributed by atoms with E-state index in [0.717, 1.165) is 25.9 Å². The number of hydrogen-bond donors (Lipinski definition) is 0. The van der Waals surface area contributed by atoms with Crippen LogP contribution in [0.15, 0.2) is 42.5 Å². The van der Waals surface area contributed by atoms with Crippen LogP contribution in [-0.4, -0.2) is 63.3 Å². The maximum Gasteiger partial charge on any atom is 0.260 e. The average Bonchev–Trinajstić information content (AvgIpc) is 2.73. The maximum atomic E-state index is 12.8. The third-order valence-corrected chi connectivity index (χ3v) is 4.97. The van der Waals surface area contributed by atoms with E-state index in [1.165, 1.54) is 5.56 Å². The Kier molecular flexibility index (Phi) is 8.61. The molecular formula is C22H29ClN2O4. The summed E-state index contributed by atoms with van der Waals surface area (Å²) in [5.74, 6) is 1.59. The number of carbonyl (C=O) groups is 1. The summed E-state index contributed by atoms with van der Waals surface area (Å²) in [4.78, 5) is 16.8. The van der Waals surface area contributed by atoms with Crippen LogP contribution < -0.4 is 14.2 Å². The van der Waals surface area contributed by atoms with Crippen LogP contribution in [0.25, 0.3) is 0 Å². The molecule has 0 aliphatic carbocycles. The number of methoxy groups -OCH3 is 2. The first-order valence-corrected chi connectivity index (χ1v) is 9.53. The van der Waals surface area contributed by atoms with Gasteiger partial charge in [0.15, 0.2) is 18.2 Å². The summed E-state index contributed by atoms with van der Waals surface area (Å²) in [6, 6.07) is 13.9. The van der Waals surface area contributed by atoms with Gasteiger partial charge in [0, 0.05) is 25.2 Å². The molecule has 0 unspecified atom stereocenters. The van der Waals surface area contributed by atoms with Crippen molar-refractivity contribution in [3.63, 3.8) is 0 Å². The Balaban J connectivity index is 0.00000300. The van der Waals surface area contributed by atoms with Crippen molar-refractivity contribution in [2.45, 2.75) is 12.8 Å². The van der Waals surface area contributed by atoms with Crippen LogP contribution in [0, 0.1) is 0 Å². The number of likely N-dealkylation sites (N-methyl/N-ethyl adjacent to an activating group) is 1. The first-order valence-electron chi connectivity index (χ1n) is 9.53. The SMILES string of the molecule is COc1cc2c(cc1OC)C(=O)N(CCCN(C)CCc1ccccc1)CO2.Cl. The summed E-state index contributed by atoms with van der Waals surface area (Å²) in [6.07, 6.45) is 1.92. The highest BCUT2D eigenvalue weighted by atomic mass is 35.5. The smallest absolute Gasteiger partial charge is 0.260 e. The maximum absolute atomic E-state index is 12.8. The van der Waals surface area contributed by atoms with Gasteiger partial charge in [-0.1, -0.05) is 30.3 Å². The van der Waals surface area contributed by atoms with E-state index in [9.17, 15) is 4.79 Å². The summed E-state index contributed by atoms with van der Waals surface area (Å²) >= 11 is 0. The molecule has 0 saturated carbocycles. The molecule has 1 aliphatic heterocycles. The van der Waals surface area contributed by atoms with E-state index in [1.807, 2.05) is 6.07 Å². The first kappa shape index (κ1) is 22.8. The zero-order valence-corrected chi connectivity index (χ0v) is 18.0. The largest absolute Gasteiger partial charge is 0.493 e. The van der Waals surface area contributed by atoms with E-state index < -0.39 is 0 Å². The highest BCUT2D eigenvalue weighted by Crippen LogP contribution is 2.37. The van der Waals surface area contributed by atoms with Gasteiger partial charge >= 0.3 is 0 Å². The van der Waals surface area contributed by atoms with Gasteiger partial charge in [0.25, 0.3) is 5.91 Å². The number of hydrogen-bond acceptors (Lipinski definition) is 5. The van der Waals surface area contributed by atoms with E-state index in [2.05, 4.69) is 36.2 Å². The summed E-state index contributed by atoms with van der Waals surface area (Å²) in [5, 5.41) is 0. The van der Waals surface area contributed by atoms with E-state index in [-0.39, 0.29) is 25.0 Å². The summed E-state index contributed by atoms with van der Waals surface area (Å²) in [6.45, 7) is 2.83. The molecule has 0 fully saturated rings. The number of ether oxygens (including phenoxy) is 3. The van der Waals surface area contributed by atoms with Gasteiger partial charge in [-0.05, 0) is 32.0 Å². The van der Waals surface area contributed by atoms with E-state index in [4.69, 9.17) is 14.2 Å². The summed E-state index contributed by atoms with van der Waals surface area (Å²) < 4.78 is 16.3. The normalized spacial score (nSPS) is 12.8. The number of amides is 1. The van der Waals surface area contributed by atoms with Gasteiger partial charge in [0.2, 0.25) is 0 Å². The second kappa shape index (κ2) is 10.9. The Morgan fingerprint density at radius 3 is 2.45 bits per heavy atom. The van der Waals surface area contributed by atoms with Crippen molar-refractivity contribution in [1.82, 2.24) is 9.80 Å². The van der Waals surface area contributed by atoms with E-state index in [0.29, 0.717) is 29.4 Å². The molecule has 0 N–H and O–H groups in total. The molecule has 0 bridgehead atoms. The topological polar surface area (TPSA) is 51.2 Å². The molecule has 0 saturated heterocycles. The molecule has 0 atom stereocenters. The molecule has 1 amide bonds. The number of rotatable bonds is 9. The first-order chi connectivity index (χ1) is 13.6. The highest BCUT2D eigenvalue weighted by Gasteiger charge is 2.27. The molecule has 2 aromatic rings. The van der Waals surface area contributed by atoms with Gasteiger partial charge in [-0.25, -0.2) is 0 Å². The molecule has 158 valence electrons. The van der Waals surface area contributed by atoms with Crippen molar-refractivity contribution >= 4 is 18.3 Å². The molecule has 7 heteroatoms. The molecular weight excluding hydrogens is 392 g/mol. The van der Waals surface area contributed by atoms with Crippen molar-refractivity contribution in [3.05, 3.63) is 53.6 Å². The number of benzene rings is 2. The van der Waals surface area contributed by atoms with E-state index >= 15 is 0 Å². The fourth-order valence-corrected chi connectivity index (χ4v) is 3.30. The van der Waals surface area contributed by atoms with Crippen LogP contribution in [-0.2, 0) is 6.42 Å². The minimum atomic E-state index is -0.0332. The second-order valence-corrected chi connectivity index (χ2v) is 6.94. The van der Waals surface area contributed by atoms with Crippen LogP contribution in [0.3, 0.4) is 0 Å². The van der Waals surface area contributed by atoms with Crippen LogP contribution in [0.1, 0.15) is 22.3 Å². The standard InChI is InChI=1S/C22H28N2O4.ClH/c1-23(13-10-17-8-5-4-6-9-17)11-7-12-24-16-28-19-15-21(27-3)20(26-2)14-18(19)22(24)25;/h4-6,8-9,14-15H,7,10-13,16H2,1-3H3;1H. The predicted molar refractivity (Wildman–Crippen MR) is 116 cm³/mol. The number of halogens is 1. The average molecular weight is 421 g/mol. The third kappa shape index (κ3) is 5.78. The Hall–Kier alpha value is -2.44. The molecule has 1 aliphatic rings. The number of carbonyl (C=O) groups excluding carboxylic acids is 1. The molecule has 1 heterocycles. The highest BCUT2D eigenvalue weighted by molar-refractivity contribution is 5.98. The van der Waals surface area contributed by atoms with Crippen molar-refractivity contribution in [2.24, 2.45) is 0 Å². The lowest BCUT2D eigenvalue weighted by Gasteiger charge is -2.30. The van der Waals surface area contributed by atoms with Gasteiger partial charge in [-0.3, -0.25) is 4.79 Å². The Bertz CT molecular complexity index is 801. The lowest BCUT2D eigenvalue weighted by atomic mass is 10.1. The summed E-state index contributed by atoms with van der Waals surface area (Å²) in [7, 11) is 5.24. The lowest BCUT2D eigenvalue weighted by Crippen LogP contribution is -2.40. The Labute approximate surface area is 178 Å². The van der Waals surface area contributed by atoms with Crippen LogP contribution in [0.4, 0.5) is 0 Å². The second-order valence-electron chi connectivity index (χ2n) is 6.94. The number of nitrogens with zero attached hydrogens (tertiary/aromatic N) is 2. The van der Waals surface area contributed by atoms with Crippen molar-refractivity contribution < 1.29 is 19.0 Å². The van der Waals surface area contributed by atoms with Gasteiger partial charge in [-0.2, -0.15) is 0 Å². The summed E-state index contributed by atoms with van der Waals surface area (Å²) in [5.41, 5.74) is 1.86. The minimum absolute atomic E-state index is 0. The van der Waals surface area contributed by atoms with Crippen molar-refractivity contribution in [1.29, 1.82) is 0 Å². The van der Waals surface area contributed by atoms with Gasteiger partial charge in [0.1, 0.15) is 5.75 Å². The molecule has 0 aromatic heterocycles. The predicted octanol–water partition coefficient (Wildman–Crippen LogP) is 3.48. The monoisotopic (exact) mass is 420 g/mol. The fourth-order valence-electron chi connectivity index (χ4n) is 3.30. The fraction of sp³-hybridized carbons (Fsp3) is 0.409. The number of fused-ring (bicyclic) bond motifs is 1. The minimum Gasteiger partial charge on any atom is -0.493 e. The quantitative estimate of drug-likeness (QED) is 0.621. The van der Waals surface area contributed by atoms with Crippen LogP contribution >= 0.6 is 12.4 Å². The third-order valence-electron chi connectivity index (χ3n) is 4.97. The van der Waals surface area contributed by atoms with Gasteiger partial charge < -0.3 is 24.0 Å². The van der Waals surface area contributed by atoms with Crippen LogP contribution in [0.2, 0.25) is 0 Å². The van der Waals surface area contributed by atoms with Gasteiger partial charge in [0.05, 0.1) is 19.8 Å². The molecule has 29 heavy (non-hydrogen) atoms. The molecule has 0 spiro atoms. The zero-order chi connectivity index (χ0) is 19.9. The van der Waals surface area contributed by atoms with Crippen molar-refractivity contribution in [2.75, 3.05) is 47.6 Å². The van der Waals surface area contributed by atoms with Gasteiger partial charge in [-0.15, -0.1) is 12.4 Å². The van der Waals surface area contributed by atoms with Crippen molar-refractivity contribution in [3.8, 4) is 17.2 Å². The molecule has 0 radical (unpaired) electrons. The molecule has 3 rings (SSSR count). The Morgan fingerprint density at radius 2 is 1.76 bits per heavy atom. The zero-order valence-electron chi connectivity index (χ0n) is 17.2. The van der Waals surface area contributed by atoms with Crippen LogP contribution in [0.5, 0.6) is 17.2 Å². The Morgan fingerprint density at radius 1 is 1.07 bits per heavy atom. The lowest BCUT2D eigenvalue weighted by molar-refractivity contribution is 0.0510. The molecule has 6 nitrogen and oxygen atoms in total. The van der Waals surface area contributed by atoms with E-state index in [1.54, 1.807) is 31.3 Å².